The van der Waals surface area contributed by atoms with Crippen LogP contribution < -0.4 is 5.56 Å². The summed E-state index contributed by atoms with van der Waals surface area (Å²) in [6, 6.07) is 8.04. The van der Waals surface area contributed by atoms with Crippen molar-refractivity contribution in [2.75, 3.05) is 0 Å². The number of aryl methyl sites for hydroxylation is 1. The van der Waals surface area contributed by atoms with Gasteiger partial charge in [-0.1, -0.05) is 43.2 Å². The van der Waals surface area contributed by atoms with Crippen molar-refractivity contribution < 1.29 is 17.6 Å². The Morgan fingerprint density at radius 3 is 2.48 bits per heavy atom. The largest absolute Gasteiger partial charge is 0.433 e. The van der Waals surface area contributed by atoms with Gasteiger partial charge in [-0.15, -0.1) is 10.2 Å². The van der Waals surface area contributed by atoms with Gasteiger partial charge in [-0.3, -0.25) is 9.89 Å². The van der Waals surface area contributed by atoms with Crippen molar-refractivity contribution in [2.45, 2.75) is 44.7 Å². The Hall–Kier alpha value is -3.43. The average molecular weight is 429 g/mol. The Morgan fingerprint density at radius 2 is 1.81 bits per heavy atom. The van der Waals surface area contributed by atoms with Gasteiger partial charge in [-0.2, -0.15) is 17.7 Å². The molecular formula is C21H18F3N5O2. The van der Waals surface area contributed by atoms with E-state index in [-0.39, 0.29) is 34.3 Å². The van der Waals surface area contributed by atoms with E-state index < -0.39 is 17.4 Å². The van der Waals surface area contributed by atoms with Gasteiger partial charge >= 0.3 is 6.18 Å². The molecule has 0 radical (unpaired) electrons. The van der Waals surface area contributed by atoms with Crippen LogP contribution in [0.2, 0.25) is 0 Å². The number of rotatable bonds is 3. The summed E-state index contributed by atoms with van der Waals surface area (Å²) in [5.74, 6) is 0.563. The van der Waals surface area contributed by atoms with Crippen LogP contribution in [0, 0.1) is 6.92 Å². The van der Waals surface area contributed by atoms with Crippen LogP contribution in [0.15, 0.2) is 39.5 Å². The molecule has 1 aromatic carbocycles. The number of nitrogens with zero attached hydrogens (tertiary/aromatic N) is 4. The van der Waals surface area contributed by atoms with Crippen LogP contribution in [0.25, 0.3) is 28.2 Å². The van der Waals surface area contributed by atoms with E-state index in [1.54, 1.807) is 37.3 Å². The molecule has 4 aromatic rings. The molecule has 0 spiro atoms. The molecule has 31 heavy (non-hydrogen) atoms. The van der Waals surface area contributed by atoms with Crippen LogP contribution in [-0.4, -0.2) is 24.8 Å². The highest BCUT2D eigenvalue weighted by molar-refractivity contribution is 5.81. The van der Waals surface area contributed by atoms with Crippen LogP contribution in [0.4, 0.5) is 13.2 Å². The van der Waals surface area contributed by atoms with Crippen molar-refractivity contribution in [3.8, 4) is 22.6 Å². The first-order chi connectivity index (χ1) is 14.8. The Kier molecular flexibility index (Phi) is 4.45. The maximum atomic E-state index is 13.8. The molecule has 0 atom stereocenters. The lowest BCUT2D eigenvalue weighted by Crippen LogP contribution is -2.20. The maximum absolute atomic E-state index is 13.8. The van der Waals surface area contributed by atoms with Crippen molar-refractivity contribution in [2.24, 2.45) is 0 Å². The highest BCUT2D eigenvalue weighted by Crippen LogP contribution is 2.39. The van der Waals surface area contributed by atoms with E-state index in [0.717, 1.165) is 30.2 Å². The molecule has 1 N–H and O–H groups in total. The summed E-state index contributed by atoms with van der Waals surface area (Å²) in [6.45, 7) is 1.55. The molecule has 160 valence electrons. The number of benzene rings is 1. The molecule has 0 bridgehead atoms. The minimum Gasteiger partial charge on any atom is -0.420 e. The SMILES string of the molecule is Cc1nc2c(-c3ccccc3)c(C(F)(F)F)[nH]n2c(=O)c1-c1nnc(C2CCCC2)o1. The van der Waals surface area contributed by atoms with Crippen molar-refractivity contribution in [1.29, 1.82) is 0 Å². The summed E-state index contributed by atoms with van der Waals surface area (Å²) in [4.78, 5) is 17.5. The molecule has 0 aliphatic heterocycles. The number of alkyl halides is 3. The Bertz CT molecular complexity index is 1310. The fourth-order valence-corrected chi connectivity index (χ4v) is 4.18. The number of nitrogens with one attached hydrogen (secondary N) is 1. The second-order valence-corrected chi connectivity index (χ2v) is 7.69. The standard InChI is InChI=1S/C21H18F3N5O2/c1-11-14(19-27-26-18(31-19)13-9-5-6-10-13)20(30)29-17(25-11)15(12-7-3-2-4-8-12)16(28-29)21(22,23)24/h2-4,7-8,13,28H,5-6,9-10H2,1H3. The summed E-state index contributed by atoms with van der Waals surface area (Å²) in [5, 5.41) is 10.3. The van der Waals surface area contributed by atoms with E-state index in [1.165, 1.54) is 0 Å². The quantitative estimate of drug-likeness (QED) is 0.509. The smallest absolute Gasteiger partial charge is 0.420 e. The highest BCUT2D eigenvalue weighted by Gasteiger charge is 2.38. The molecule has 0 amide bonds. The van der Waals surface area contributed by atoms with Crippen molar-refractivity contribution in [1.82, 2.24) is 24.8 Å². The van der Waals surface area contributed by atoms with Gasteiger partial charge in [0.05, 0.1) is 11.3 Å². The molecule has 7 nitrogen and oxygen atoms in total. The molecule has 3 heterocycles. The van der Waals surface area contributed by atoms with Gasteiger partial charge in [0, 0.05) is 5.92 Å². The van der Waals surface area contributed by atoms with E-state index in [2.05, 4.69) is 20.3 Å². The van der Waals surface area contributed by atoms with E-state index >= 15 is 0 Å². The van der Waals surface area contributed by atoms with Crippen LogP contribution in [0.1, 0.15) is 48.9 Å². The summed E-state index contributed by atoms with van der Waals surface area (Å²) < 4.78 is 47.9. The van der Waals surface area contributed by atoms with Gasteiger partial charge in [-0.05, 0) is 25.3 Å². The molecular weight excluding hydrogens is 411 g/mol. The molecule has 5 rings (SSSR count). The zero-order valence-electron chi connectivity index (χ0n) is 16.5. The molecule has 1 aliphatic carbocycles. The lowest BCUT2D eigenvalue weighted by Gasteiger charge is -2.07. The Balaban J connectivity index is 1.73. The van der Waals surface area contributed by atoms with Gasteiger partial charge in [0.25, 0.3) is 11.4 Å². The third-order valence-corrected chi connectivity index (χ3v) is 5.67. The number of hydrogen-bond donors (Lipinski definition) is 1. The third-order valence-electron chi connectivity index (χ3n) is 5.67. The summed E-state index contributed by atoms with van der Waals surface area (Å²) in [5.41, 5.74) is -1.56. The van der Waals surface area contributed by atoms with Gasteiger partial charge < -0.3 is 4.42 Å². The lowest BCUT2D eigenvalue weighted by atomic mass is 10.1. The topological polar surface area (TPSA) is 89.1 Å². The zero-order chi connectivity index (χ0) is 21.8. The van der Waals surface area contributed by atoms with Gasteiger partial charge in [0.2, 0.25) is 5.89 Å². The van der Waals surface area contributed by atoms with E-state index in [1.807, 2.05) is 0 Å². The predicted molar refractivity (Wildman–Crippen MR) is 105 cm³/mol. The summed E-state index contributed by atoms with van der Waals surface area (Å²) in [6.07, 6.45) is -0.698. The summed E-state index contributed by atoms with van der Waals surface area (Å²) in [7, 11) is 0. The minimum absolute atomic E-state index is 0.0103. The van der Waals surface area contributed by atoms with Crippen molar-refractivity contribution >= 4 is 5.65 Å². The molecule has 0 unspecified atom stereocenters. The highest BCUT2D eigenvalue weighted by atomic mass is 19.4. The molecule has 1 saturated carbocycles. The molecule has 1 aliphatic rings. The Morgan fingerprint density at radius 1 is 1.10 bits per heavy atom. The monoisotopic (exact) mass is 429 g/mol. The molecule has 3 aromatic heterocycles. The van der Waals surface area contributed by atoms with Gasteiger partial charge in [-0.25, -0.2) is 4.98 Å². The fraction of sp³-hybridized carbons (Fsp3) is 0.333. The minimum atomic E-state index is -4.71. The van der Waals surface area contributed by atoms with Gasteiger partial charge in [0.1, 0.15) is 11.3 Å². The van der Waals surface area contributed by atoms with Crippen molar-refractivity contribution in [3.63, 3.8) is 0 Å². The third kappa shape index (κ3) is 3.22. The number of halogens is 3. The number of aromatic amines is 1. The second kappa shape index (κ2) is 7.07. The predicted octanol–water partition coefficient (Wildman–Crippen LogP) is 4.72. The molecule has 0 saturated heterocycles. The van der Waals surface area contributed by atoms with Crippen LogP contribution in [0.5, 0.6) is 0 Å². The molecule has 10 heteroatoms. The fourth-order valence-electron chi connectivity index (χ4n) is 4.18. The Labute approximate surface area is 173 Å². The number of H-pyrrole nitrogens is 1. The molecule has 1 fully saturated rings. The first kappa shape index (κ1) is 19.5. The van der Waals surface area contributed by atoms with E-state index in [9.17, 15) is 18.0 Å². The number of aromatic nitrogens is 5. The lowest BCUT2D eigenvalue weighted by molar-refractivity contribution is -0.140. The number of fused-ring (bicyclic) bond motifs is 1. The first-order valence-corrected chi connectivity index (χ1v) is 9.96. The van der Waals surface area contributed by atoms with E-state index in [0.29, 0.717) is 11.5 Å². The van der Waals surface area contributed by atoms with Gasteiger partial charge in [0.15, 0.2) is 5.65 Å². The van der Waals surface area contributed by atoms with Crippen LogP contribution in [0.3, 0.4) is 0 Å². The van der Waals surface area contributed by atoms with Crippen molar-refractivity contribution in [3.05, 3.63) is 58.0 Å². The maximum Gasteiger partial charge on any atom is 0.433 e. The van der Waals surface area contributed by atoms with Crippen LogP contribution in [-0.2, 0) is 6.18 Å². The summed E-state index contributed by atoms with van der Waals surface area (Å²) >= 11 is 0. The first-order valence-electron chi connectivity index (χ1n) is 9.96. The van der Waals surface area contributed by atoms with E-state index in [4.69, 9.17) is 4.42 Å². The zero-order valence-corrected chi connectivity index (χ0v) is 16.5. The van der Waals surface area contributed by atoms with Crippen LogP contribution >= 0.6 is 0 Å². The average Bonchev–Trinajstić information content (AvgIpc) is 3.47. The number of hydrogen-bond acceptors (Lipinski definition) is 5. The second-order valence-electron chi connectivity index (χ2n) is 7.69. The normalized spacial score (nSPS) is 15.2.